The quantitative estimate of drug-likeness (QED) is 0.457. The van der Waals surface area contributed by atoms with Gasteiger partial charge in [-0.05, 0) is 94.1 Å². The Labute approximate surface area is 201 Å². The van der Waals surface area contributed by atoms with Crippen LogP contribution in [0.15, 0.2) is 66.4 Å². The van der Waals surface area contributed by atoms with Gasteiger partial charge in [0.2, 0.25) is 0 Å². The van der Waals surface area contributed by atoms with Crippen LogP contribution in [0.4, 0.5) is 11.4 Å². The first-order valence-corrected chi connectivity index (χ1v) is 11.5. The fraction of sp³-hybridized carbons (Fsp3) is 0.241. The molecule has 1 heterocycles. The summed E-state index contributed by atoms with van der Waals surface area (Å²) in [5.41, 5.74) is 6.75. The smallest absolute Gasteiger partial charge is 0.282 e. The van der Waals surface area contributed by atoms with E-state index in [1.165, 1.54) is 4.90 Å². The van der Waals surface area contributed by atoms with Gasteiger partial charge in [-0.2, -0.15) is 0 Å². The van der Waals surface area contributed by atoms with E-state index in [-0.39, 0.29) is 23.6 Å². The molecule has 1 N–H and O–H groups in total. The maximum Gasteiger partial charge on any atom is 0.282 e. The fourth-order valence-corrected chi connectivity index (χ4v) is 4.29. The second-order valence-electron chi connectivity index (χ2n) is 9.18. The fourth-order valence-electron chi connectivity index (χ4n) is 4.29. The van der Waals surface area contributed by atoms with Crippen molar-refractivity contribution in [2.75, 3.05) is 10.2 Å². The molecule has 2 amide bonds. The number of benzene rings is 3. The number of aryl methyl sites for hydroxylation is 4. The van der Waals surface area contributed by atoms with Crippen molar-refractivity contribution in [1.29, 1.82) is 0 Å². The van der Waals surface area contributed by atoms with E-state index >= 15 is 0 Å². The van der Waals surface area contributed by atoms with Gasteiger partial charge in [-0.25, -0.2) is 4.90 Å². The minimum Gasteiger partial charge on any atom is -0.491 e. The number of rotatable bonds is 6. The number of hydrogen-bond acceptors (Lipinski definition) is 4. The highest BCUT2D eigenvalue weighted by molar-refractivity contribution is 6.46. The van der Waals surface area contributed by atoms with Crippen molar-refractivity contribution < 1.29 is 14.3 Å². The Morgan fingerprint density at radius 2 is 1.41 bits per heavy atom. The van der Waals surface area contributed by atoms with Gasteiger partial charge in [-0.3, -0.25) is 9.59 Å². The zero-order valence-electron chi connectivity index (χ0n) is 20.5. The molecule has 0 saturated heterocycles. The molecule has 3 aromatic rings. The van der Waals surface area contributed by atoms with Gasteiger partial charge in [0.15, 0.2) is 0 Å². The molecule has 174 valence electrons. The molecule has 0 unspecified atom stereocenters. The molecule has 0 bridgehead atoms. The van der Waals surface area contributed by atoms with Gasteiger partial charge in [-0.1, -0.05) is 35.9 Å². The second-order valence-corrected chi connectivity index (χ2v) is 9.18. The van der Waals surface area contributed by atoms with Crippen molar-refractivity contribution in [3.8, 4) is 5.75 Å². The minimum atomic E-state index is -0.368. The summed E-state index contributed by atoms with van der Waals surface area (Å²) < 4.78 is 5.75. The van der Waals surface area contributed by atoms with Crippen LogP contribution < -0.4 is 15.0 Å². The lowest BCUT2D eigenvalue weighted by molar-refractivity contribution is -0.120. The van der Waals surface area contributed by atoms with Crippen LogP contribution in [-0.4, -0.2) is 17.9 Å². The first-order chi connectivity index (χ1) is 16.1. The number of amides is 2. The third-order valence-electron chi connectivity index (χ3n) is 5.70. The molecule has 3 aromatic carbocycles. The number of imide groups is 1. The number of ether oxygens (including phenoxy) is 1. The van der Waals surface area contributed by atoms with Crippen molar-refractivity contribution in [2.45, 2.75) is 47.6 Å². The first-order valence-electron chi connectivity index (χ1n) is 11.5. The molecule has 0 aliphatic carbocycles. The summed E-state index contributed by atoms with van der Waals surface area (Å²) in [7, 11) is 0. The molecule has 5 heteroatoms. The predicted molar refractivity (Wildman–Crippen MR) is 137 cm³/mol. The maximum atomic E-state index is 13.7. The van der Waals surface area contributed by atoms with Gasteiger partial charge in [0, 0.05) is 5.69 Å². The Bertz CT molecular complexity index is 1280. The van der Waals surface area contributed by atoms with Crippen molar-refractivity contribution in [3.63, 3.8) is 0 Å². The van der Waals surface area contributed by atoms with E-state index in [1.54, 1.807) is 0 Å². The highest BCUT2D eigenvalue weighted by atomic mass is 16.5. The monoisotopic (exact) mass is 454 g/mol. The van der Waals surface area contributed by atoms with Gasteiger partial charge >= 0.3 is 0 Å². The van der Waals surface area contributed by atoms with Crippen LogP contribution in [0.25, 0.3) is 5.57 Å². The summed E-state index contributed by atoms with van der Waals surface area (Å²) in [6.07, 6.45) is 0.0431. The predicted octanol–water partition coefficient (Wildman–Crippen LogP) is 6.10. The average molecular weight is 455 g/mol. The van der Waals surface area contributed by atoms with Gasteiger partial charge in [0.25, 0.3) is 11.8 Å². The SMILES string of the molecule is Cc1cc(C)cc(N2C(=O)C(Nc3ccc(C)cc3C)=C(c3ccc(OC(C)C)cc3)C2=O)c1. The number of carbonyl (C=O) groups excluding carboxylic acids is 2. The summed E-state index contributed by atoms with van der Waals surface area (Å²) >= 11 is 0. The van der Waals surface area contributed by atoms with Crippen molar-refractivity contribution in [3.05, 3.63) is 94.2 Å². The molecule has 0 aromatic heterocycles. The largest absolute Gasteiger partial charge is 0.491 e. The van der Waals surface area contributed by atoms with Crippen molar-refractivity contribution in [1.82, 2.24) is 0 Å². The van der Waals surface area contributed by atoms with E-state index in [4.69, 9.17) is 4.74 Å². The number of hydrogen-bond donors (Lipinski definition) is 1. The average Bonchev–Trinajstić information content (AvgIpc) is 2.99. The molecule has 4 rings (SSSR count). The lowest BCUT2D eigenvalue weighted by Crippen LogP contribution is -2.32. The molecule has 1 aliphatic rings. The maximum absolute atomic E-state index is 13.7. The van der Waals surface area contributed by atoms with E-state index in [2.05, 4.69) is 5.32 Å². The summed E-state index contributed by atoms with van der Waals surface area (Å²) in [4.78, 5) is 28.7. The number of nitrogens with one attached hydrogen (secondary N) is 1. The van der Waals surface area contributed by atoms with Gasteiger partial charge in [0.05, 0.1) is 17.4 Å². The molecule has 0 spiro atoms. The van der Waals surface area contributed by atoms with E-state index in [0.717, 1.165) is 27.9 Å². The first kappa shape index (κ1) is 23.3. The zero-order valence-corrected chi connectivity index (χ0v) is 20.5. The van der Waals surface area contributed by atoms with Gasteiger partial charge in [0.1, 0.15) is 11.4 Å². The normalized spacial score (nSPS) is 13.8. The molecular weight excluding hydrogens is 424 g/mol. The van der Waals surface area contributed by atoms with E-state index in [9.17, 15) is 9.59 Å². The Kier molecular flexibility index (Phi) is 6.29. The molecule has 1 aliphatic heterocycles. The Balaban J connectivity index is 1.81. The molecule has 0 saturated carbocycles. The Morgan fingerprint density at radius 1 is 0.765 bits per heavy atom. The number of nitrogens with zero attached hydrogens (tertiary/aromatic N) is 1. The highest BCUT2D eigenvalue weighted by Gasteiger charge is 2.40. The van der Waals surface area contributed by atoms with Crippen LogP contribution in [0, 0.1) is 27.7 Å². The zero-order chi connectivity index (χ0) is 24.6. The van der Waals surface area contributed by atoms with Gasteiger partial charge in [-0.15, -0.1) is 0 Å². The van der Waals surface area contributed by atoms with Crippen LogP contribution >= 0.6 is 0 Å². The summed E-state index contributed by atoms with van der Waals surface area (Å²) in [5, 5.41) is 3.28. The second kappa shape index (κ2) is 9.18. The third-order valence-corrected chi connectivity index (χ3v) is 5.70. The summed E-state index contributed by atoms with van der Waals surface area (Å²) in [5.74, 6) is -0.00143. The van der Waals surface area contributed by atoms with Crippen LogP contribution in [-0.2, 0) is 9.59 Å². The molecule has 5 nitrogen and oxygen atoms in total. The third kappa shape index (κ3) is 4.60. The molecule has 0 atom stereocenters. The van der Waals surface area contributed by atoms with Crippen LogP contribution in [0.3, 0.4) is 0 Å². The van der Waals surface area contributed by atoms with Gasteiger partial charge < -0.3 is 10.1 Å². The van der Waals surface area contributed by atoms with E-state index in [1.807, 2.05) is 102 Å². The molecule has 0 radical (unpaired) electrons. The van der Waals surface area contributed by atoms with Crippen LogP contribution in [0.2, 0.25) is 0 Å². The Hall–Kier alpha value is -3.86. The lowest BCUT2D eigenvalue weighted by Gasteiger charge is -2.17. The van der Waals surface area contributed by atoms with E-state index < -0.39 is 0 Å². The molecular formula is C29H30N2O3. The summed E-state index contributed by atoms with van der Waals surface area (Å²) in [6, 6.07) is 19.0. The summed E-state index contributed by atoms with van der Waals surface area (Å²) in [6.45, 7) is 11.8. The highest BCUT2D eigenvalue weighted by Crippen LogP contribution is 2.35. The number of carbonyl (C=O) groups is 2. The van der Waals surface area contributed by atoms with E-state index in [0.29, 0.717) is 22.6 Å². The van der Waals surface area contributed by atoms with Crippen LogP contribution in [0.5, 0.6) is 5.75 Å². The lowest BCUT2D eigenvalue weighted by atomic mass is 10.0. The molecule has 34 heavy (non-hydrogen) atoms. The van der Waals surface area contributed by atoms with Crippen LogP contribution in [0.1, 0.15) is 41.7 Å². The Morgan fingerprint density at radius 3 is 2.00 bits per heavy atom. The number of anilines is 2. The van der Waals surface area contributed by atoms with Crippen molar-refractivity contribution in [2.24, 2.45) is 0 Å². The minimum absolute atomic E-state index is 0.0431. The standard InChI is InChI=1S/C29H30N2O3/c1-17(2)34-24-10-8-22(9-11-24)26-27(30-25-12-7-18(3)14-21(25)6)29(33)31(28(26)32)23-15-19(4)13-20(5)16-23/h7-17,30H,1-6H3. The molecule has 0 fully saturated rings. The topological polar surface area (TPSA) is 58.6 Å². The van der Waals surface area contributed by atoms with Crippen molar-refractivity contribution >= 4 is 28.8 Å².